The summed E-state index contributed by atoms with van der Waals surface area (Å²) in [5.41, 5.74) is 8.57. The van der Waals surface area contributed by atoms with Gasteiger partial charge in [0.15, 0.2) is 0 Å². The number of hydrogen-bond donors (Lipinski definition) is 0. The van der Waals surface area contributed by atoms with Gasteiger partial charge in [0.05, 0.1) is 0 Å². The number of rotatable bonds is 3. The van der Waals surface area contributed by atoms with Crippen LogP contribution in [0.2, 0.25) is 0 Å². The second-order valence-electron chi connectivity index (χ2n) is 5.25. The van der Waals surface area contributed by atoms with Crippen LogP contribution in [0.5, 0.6) is 0 Å². The summed E-state index contributed by atoms with van der Waals surface area (Å²) in [5.74, 6) is 0. The molecule has 0 heteroatoms. The van der Waals surface area contributed by atoms with Crippen molar-refractivity contribution in [2.24, 2.45) is 0 Å². The van der Waals surface area contributed by atoms with Crippen molar-refractivity contribution in [3.63, 3.8) is 0 Å². The summed E-state index contributed by atoms with van der Waals surface area (Å²) in [5, 5.41) is 0. The van der Waals surface area contributed by atoms with Gasteiger partial charge in [-0.1, -0.05) is 73.2 Å². The van der Waals surface area contributed by atoms with E-state index in [1.54, 1.807) is 5.57 Å². The van der Waals surface area contributed by atoms with Gasteiger partial charge in [0.25, 0.3) is 0 Å². The van der Waals surface area contributed by atoms with Gasteiger partial charge in [0.1, 0.15) is 0 Å². The van der Waals surface area contributed by atoms with E-state index in [0.717, 1.165) is 12.8 Å². The summed E-state index contributed by atoms with van der Waals surface area (Å²) in [6, 6.07) is 17.4. The standard InChI is InChI=1S/C20H20/c1-3-9-18-15(4-2)14-17-12-8-13-19(20(17)18)16-10-6-5-7-11-16/h3,5-13H,4,14H2,1-2H3/b9-3-. The summed E-state index contributed by atoms with van der Waals surface area (Å²) in [7, 11) is 0. The molecule has 0 atom stereocenters. The lowest BCUT2D eigenvalue weighted by atomic mass is 9.93. The molecule has 0 aliphatic heterocycles. The van der Waals surface area contributed by atoms with Crippen LogP contribution >= 0.6 is 0 Å². The zero-order chi connectivity index (χ0) is 13.9. The highest BCUT2D eigenvalue weighted by Crippen LogP contribution is 2.41. The van der Waals surface area contributed by atoms with Crippen molar-refractivity contribution in [2.75, 3.05) is 0 Å². The molecule has 0 amide bonds. The third kappa shape index (κ3) is 2.12. The molecule has 0 saturated carbocycles. The van der Waals surface area contributed by atoms with Crippen LogP contribution in [-0.4, -0.2) is 0 Å². The number of benzene rings is 2. The minimum Gasteiger partial charge on any atom is -0.0870 e. The van der Waals surface area contributed by atoms with E-state index in [9.17, 15) is 0 Å². The fourth-order valence-corrected chi connectivity index (χ4v) is 3.11. The lowest BCUT2D eigenvalue weighted by molar-refractivity contribution is 1.04. The van der Waals surface area contributed by atoms with Gasteiger partial charge in [-0.3, -0.25) is 0 Å². The molecule has 2 aromatic carbocycles. The highest BCUT2D eigenvalue weighted by Gasteiger charge is 2.21. The second-order valence-corrected chi connectivity index (χ2v) is 5.25. The van der Waals surface area contributed by atoms with Crippen LogP contribution in [0, 0.1) is 0 Å². The maximum atomic E-state index is 2.27. The molecule has 1 aliphatic carbocycles. The highest BCUT2D eigenvalue weighted by atomic mass is 14.3. The van der Waals surface area contributed by atoms with E-state index < -0.39 is 0 Å². The highest BCUT2D eigenvalue weighted by molar-refractivity contribution is 5.91. The van der Waals surface area contributed by atoms with Crippen LogP contribution < -0.4 is 0 Å². The SMILES string of the molecule is C/C=C\C1=C(CC)Cc2cccc(-c3ccccc3)c21. The van der Waals surface area contributed by atoms with E-state index in [0.29, 0.717) is 0 Å². The molecule has 0 bridgehead atoms. The molecule has 0 heterocycles. The van der Waals surface area contributed by atoms with E-state index in [-0.39, 0.29) is 0 Å². The van der Waals surface area contributed by atoms with Gasteiger partial charge in [-0.05, 0) is 47.6 Å². The first-order valence-electron chi connectivity index (χ1n) is 7.37. The van der Waals surface area contributed by atoms with Crippen molar-refractivity contribution in [3.05, 3.63) is 77.4 Å². The molecule has 2 aromatic rings. The number of hydrogen-bond acceptors (Lipinski definition) is 0. The van der Waals surface area contributed by atoms with Crippen LogP contribution in [0.4, 0.5) is 0 Å². The first-order valence-corrected chi connectivity index (χ1v) is 7.37. The minimum atomic E-state index is 1.10. The van der Waals surface area contributed by atoms with Crippen LogP contribution in [-0.2, 0) is 6.42 Å². The maximum absolute atomic E-state index is 2.27. The molecular formula is C20H20. The molecule has 0 nitrogen and oxygen atoms in total. The summed E-state index contributed by atoms with van der Waals surface area (Å²) >= 11 is 0. The summed E-state index contributed by atoms with van der Waals surface area (Å²) in [6.45, 7) is 4.36. The summed E-state index contributed by atoms with van der Waals surface area (Å²) in [4.78, 5) is 0. The van der Waals surface area contributed by atoms with Crippen LogP contribution in [0.1, 0.15) is 31.4 Å². The van der Waals surface area contributed by atoms with Gasteiger partial charge >= 0.3 is 0 Å². The Morgan fingerprint density at radius 3 is 2.50 bits per heavy atom. The van der Waals surface area contributed by atoms with E-state index in [1.165, 1.54) is 27.8 Å². The fourth-order valence-electron chi connectivity index (χ4n) is 3.11. The predicted octanol–water partition coefficient (Wildman–Crippen LogP) is 5.65. The Kier molecular flexibility index (Phi) is 3.56. The van der Waals surface area contributed by atoms with E-state index in [2.05, 4.69) is 74.5 Å². The van der Waals surface area contributed by atoms with Gasteiger partial charge < -0.3 is 0 Å². The average Bonchev–Trinajstić information content (AvgIpc) is 2.86. The zero-order valence-electron chi connectivity index (χ0n) is 12.2. The largest absolute Gasteiger partial charge is 0.0870 e. The predicted molar refractivity (Wildman–Crippen MR) is 87.6 cm³/mol. The molecule has 0 unspecified atom stereocenters. The van der Waals surface area contributed by atoms with E-state index in [4.69, 9.17) is 0 Å². The van der Waals surface area contributed by atoms with Crippen molar-refractivity contribution in [1.82, 2.24) is 0 Å². The Bertz CT molecular complexity index is 672. The molecule has 0 aromatic heterocycles. The average molecular weight is 260 g/mol. The third-order valence-corrected chi connectivity index (χ3v) is 4.05. The fraction of sp³-hybridized carbons (Fsp3) is 0.200. The quantitative estimate of drug-likeness (QED) is 0.669. The Morgan fingerprint density at radius 2 is 1.80 bits per heavy atom. The normalized spacial score (nSPS) is 14.1. The molecule has 0 N–H and O–H groups in total. The topological polar surface area (TPSA) is 0 Å². The molecule has 3 rings (SSSR count). The number of fused-ring (bicyclic) bond motifs is 1. The smallest absolute Gasteiger partial charge is 0.00516 e. The summed E-state index contributed by atoms with van der Waals surface area (Å²) in [6.07, 6.45) is 6.66. The molecule has 100 valence electrons. The van der Waals surface area contributed by atoms with Crippen molar-refractivity contribution >= 4 is 5.57 Å². The second kappa shape index (κ2) is 5.50. The summed E-state index contributed by atoms with van der Waals surface area (Å²) < 4.78 is 0. The van der Waals surface area contributed by atoms with Gasteiger partial charge in [-0.15, -0.1) is 0 Å². The Balaban J connectivity index is 2.22. The van der Waals surface area contributed by atoms with Gasteiger partial charge in [-0.25, -0.2) is 0 Å². The lowest BCUT2D eigenvalue weighted by Crippen LogP contribution is -1.89. The molecule has 0 radical (unpaired) electrons. The lowest BCUT2D eigenvalue weighted by Gasteiger charge is -2.11. The van der Waals surface area contributed by atoms with Crippen molar-refractivity contribution in [2.45, 2.75) is 26.7 Å². The Labute approximate surface area is 121 Å². The molecule has 1 aliphatic rings. The van der Waals surface area contributed by atoms with Gasteiger partial charge in [0, 0.05) is 0 Å². The van der Waals surface area contributed by atoms with Crippen molar-refractivity contribution in [3.8, 4) is 11.1 Å². The zero-order valence-corrected chi connectivity index (χ0v) is 12.2. The first kappa shape index (κ1) is 12.9. The minimum absolute atomic E-state index is 1.10. The molecule has 0 saturated heterocycles. The first-order chi connectivity index (χ1) is 9.85. The van der Waals surface area contributed by atoms with E-state index in [1.807, 2.05) is 0 Å². The Hall–Kier alpha value is -2.08. The molecule has 0 fully saturated rings. The van der Waals surface area contributed by atoms with Crippen LogP contribution in [0.15, 0.2) is 66.3 Å². The third-order valence-electron chi connectivity index (χ3n) is 4.05. The van der Waals surface area contributed by atoms with E-state index >= 15 is 0 Å². The van der Waals surface area contributed by atoms with Gasteiger partial charge in [0.2, 0.25) is 0 Å². The van der Waals surface area contributed by atoms with Crippen LogP contribution in [0.3, 0.4) is 0 Å². The van der Waals surface area contributed by atoms with Crippen molar-refractivity contribution in [1.29, 1.82) is 0 Å². The van der Waals surface area contributed by atoms with Crippen LogP contribution in [0.25, 0.3) is 16.7 Å². The monoisotopic (exact) mass is 260 g/mol. The van der Waals surface area contributed by atoms with Crippen molar-refractivity contribution < 1.29 is 0 Å². The Morgan fingerprint density at radius 1 is 1.00 bits per heavy atom. The maximum Gasteiger partial charge on any atom is -0.00516 e. The van der Waals surface area contributed by atoms with Gasteiger partial charge in [-0.2, -0.15) is 0 Å². The molecule has 0 spiro atoms. The molecule has 20 heavy (non-hydrogen) atoms. The number of allylic oxidation sites excluding steroid dienone is 4. The molecular weight excluding hydrogens is 240 g/mol.